The Bertz CT molecular complexity index is 2060. The van der Waals surface area contributed by atoms with Gasteiger partial charge in [0.15, 0.2) is 11.6 Å². The molecule has 314 valence electrons. The Labute approximate surface area is 353 Å². The molecule has 1 atom stereocenters. The molecule has 0 spiro atoms. The molecule has 2 heterocycles. The molecular formula is C47H59ClN6O5. The van der Waals surface area contributed by atoms with Crippen LogP contribution in [0.4, 0.5) is 10.5 Å². The number of piperidine rings is 1. The molecule has 3 N–H and O–H groups in total. The number of hydrogen-bond donors (Lipinski definition) is 3. The van der Waals surface area contributed by atoms with E-state index in [2.05, 4.69) is 50.6 Å². The van der Waals surface area contributed by atoms with Crippen LogP contribution in [-0.4, -0.2) is 74.9 Å². The monoisotopic (exact) mass is 822 g/mol. The van der Waals surface area contributed by atoms with E-state index in [4.69, 9.17) is 16.3 Å². The minimum absolute atomic E-state index is 0.0813. The molecule has 4 aromatic rings. The van der Waals surface area contributed by atoms with Crippen molar-refractivity contribution in [2.24, 2.45) is 23.7 Å². The molecule has 1 aromatic heterocycles. The van der Waals surface area contributed by atoms with Crippen molar-refractivity contribution in [3.63, 3.8) is 0 Å². The number of ketones is 2. The standard InChI is InChI=1S/C47H59ClN6O5/c1-30(2)54-22-20-31(21-23-54)26-41(55)38-11-7-10-37(27-38)36-9-6-8-33(24-36)25-39(44(57)50-40-18-16-35(17-19-40)43-51-45(48)53-52-43)28-42(56)34-14-12-32(13-15-34)29-49-46(58)59-47(3,4)5/h6-11,16-19,24,27,30-32,34,39H,12-15,20-23,25-26,28-29H2,1-5H3,(H,49,58)(H,50,57)(H,51,52,53)/t32?,34?,39-/m1/s1. The molecule has 1 aliphatic heterocycles. The zero-order valence-electron chi connectivity index (χ0n) is 35.1. The van der Waals surface area contributed by atoms with Crippen molar-refractivity contribution < 1.29 is 23.9 Å². The van der Waals surface area contributed by atoms with E-state index in [0.29, 0.717) is 55.7 Å². The number of Topliss-reactive ketones (excluding diaryl/α,β-unsaturated/α-hetero) is 2. The minimum Gasteiger partial charge on any atom is -0.444 e. The number of likely N-dealkylation sites (tertiary alicyclic amines) is 1. The highest BCUT2D eigenvalue weighted by atomic mass is 35.5. The van der Waals surface area contributed by atoms with Gasteiger partial charge in [-0.05, 0) is 163 Å². The summed E-state index contributed by atoms with van der Waals surface area (Å²) >= 11 is 5.92. The number of amides is 2. The molecule has 12 heteroatoms. The largest absolute Gasteiger partial charge is 0.444 e. The van der Waals surface area contributed by atoms with Crippen molar-refractivity contribution in [3.8, 4) is 22.5 Å². The number of halogens is 1. The fourth-order valence-corrected chi connectivity index (χ4v) is 8.43. The van der Waals surface area contributed by atoms with Crippen molar-refractivity contribution in [1.82, 2.24) is 25.4 Å². The Hall–Kier alpha value is -4.87. The molecule has 0 unspecified atom stereocenters. The van der Waals surface area contributed by atoms with E-state index >= 15 is 0 Å². The van der Waals surface area contributed by atoms with Crippen LogP contribution in [0.2, 0.25) is 5.28 Å². The van der Waals surface area contributed by atoms with E-state index in [9.17, 15) is 19.2 Å². The summed E-state index contributed by atoms with van der Waals surface area (Å²) in [5.74, 6) is 0.362. The van der Waals surface area contributed by atoms with Crippen molar-refractivity contribution in [2.75, 3.05) is 25.0 Å². The van der Waals surface area contributed by atoms with Crippen LogP contribution in [0.3, 0.4) is 0 Å². The third-order valence-electron chi connectivity index (χ3n) is 11.7. The average Bonchev–Trinajstić information content (AvgIpc) is 3.66. The predicted molar refractivity (Wildman–Crippen MR) is 232 cm³/mol. The van der Waals surface area contributed by atoms with Crippen LogP contribution >= 0.6 is 11.6 Å². The number of rotatable bonds is 15. The summed E-state index contributed by atoms with van der Waals surface area (Å²) in [5.41, 5.74) is 4.31. The van der Waals surface area contributed by atoms with Crippen molar-refractivity contribution in [3.05, 3.63) is 89.2 Å². The lowest BCUT2D eigenvalue weighted by Gasteiger charge is -2.34. The minimum atomic E-state index is -0.620. The average molecular weight is 823 g/mol. The van der Waals surface area contributed by atoms with Gasteiger partial charge in [0.05, 0.1) is 0 Å². The van der Waals surface area contributed by atoms with E-state index in [0.717, 1.165) is 66.6 Å². The Morgan fingerprint density at radius 3 is 2.19 bits per heavy atom. The first-order valence-corrected chi connectivity index (χ1v) is 21.5. The van der Waals surface area contributed by atoms with Crippen LogP contribution in [0.5, 0.6) is 0 Å². The van der Waals surface area contributed by atoms with Crippen molar-refractivity contribution in [2.45, 2.75) is 104 Å². The van der Waals surface area contributed by atoms with E-state index < -0.39 is 17.6 Å². The lowest BCUT2D eigenvalue weighted by Crippen LogP contribution is -2.38. The third kappa shape index (κ3) is 12.8. The summed E-state index contributed by atoms with van der Waals surface area (Å²) in [6.07, 6.45) is 5.73. The summed E-state index contributed by atoms with van der Waals surface area (Å²) in [5, 5.41) is 12.8. The Balaban J connectivity index is 1.12. The van der Waals surface area contributed by atoms with Gasteiger partial charge in [0.1, 0.15) is 11.4 Å². The van der Waals surface area contributed by atoms with Gasteiger partial charge in [0.2, 0.25) is 11.2 Å². The molecule has 3 aromatic carbocycles. The molecule has 0 radical (unpaired) electrons. The first-order chi connectivity index (χ1) is 28.2. The van der Waals surface area contributed by atoms with E-state index in [1.165, 1.54) is 0 Å². The molecule has 1 saturated heterocycles. The molecule has 1 saturated carbocycles. The molecule has 6 rings (SSSR count). The summed E-state index contributed by atoms with van der Waals surface area (Å²) < 4.78 is 5.38. The van der Waals surface area contributed by atoms with Crippen LogP contribution < -0.4 is 10.6 Å². The number of nitrogens with one attached hydrogen (secondary N) is 3. The smallest absolute Gasteiger partial charge is 0.407 e. The van der Waals surface area contributed by atoms with E-state index in [-0.39, 0.29) is 41.0 Å². The number of aromatic amines is 1. The third-order valence-corrected chi connectivity index (χ3v) is 11.9. The summed E-state index contributed by atoms with van der Waals surface area (Å²) in [7, 11) is 0. The quantitative estimate of drug-likeness (QED) is 0.101. The predicted octanol–water partition coefficient (Wildman–Crippen LogP) is 9.57. The highest BCUT2D eigenvalue weighted by molar-refractivity contribution is 6.28. The highest BCUT2D eigenvalue weighted by Gasteiger charge is 2.31. The number of ether oxygens (including phenoxy) is 1. The number of nitrogens with zero attached hydrogens (tertiary/aromatic N) is 3. The fraction of sp³-hybridized carbons (Fsp3) is 0.489. The summed E-state index contributed by atoms with van der Waals surface area (Å²) in [6, 6.07) is 23.6. The van der Waals surface area contributed by atoms with Crippen LogP contribution in [0.1, 0.15) is 102 Å². The number of H-pyrrole nitrogens is 1. The maximum atomic E-state index is 14.1. The number of carbonyl (C=O) groups is 4. The Kier molecular flexibility index (Phi) is 14.8. The molecular weight excluding hydrogens is 764 g/mol. The first-order valence-electron chi connectivity index (χ1n) is 21.1. The molecule has 2 aliphatic rings. The lowest BCUT2D eigenvalue weighted by atomic mass is 9.77. The maximum absolute atomic E-state index is 14.1. The van der Waals surface area contributed by atoms with Gasteiger partial charge in [0.25, 0.3) is 0 Å². The van der Waals surface area contributed by atoms with Gasteiger partial charge < -0.3 is 20.3 Å². The number of carbonyl (C=O) groups excluding carboxylic acids is 4. The topological polar surface area (TPSA) is 146 Å². The van der Waals surface area contributed by atoms with Crippen molar-refractivity contribution >= 4 is 40.9 Å². The summed E-state index contributed by atoms with van der Waals surface area (Å²) in [6.45, 7) is 12.5. The molecule has 0 bridgehead atoms. The van der Waals surface area contributed by atoms with Gasteiger partial charge in [-0.2, -0.15) is 10.1 Å². The number of aromatic nitrogens is 3. The van der Waals surface area contributed by atoms with Gasteiger partial charge in [-0.1, -0.05) is 42.5 Å². The van der Waals surface area contributed by atoms with Gasteiger partial charge in [-0.25, -0.2) is 9.89 Å². The SMILES string of the molecule is CC(C)N1CCC(CC(=O)c2cccc(-c3cccc(C[C@H](CC(=O)C4CCC(CNC(=O)OC(C)(C)C)CC4)C(=O)Nc4ccc(-c5n[nH]c(Cl)n5)cc4)c3)c2)CC1. The molecule has 2 amide bonds. The normalized spacial score (nSPS) is 18.3. The highest BCUT2D eigenvalue weighted by Crippen LogP contribution is 2.32. The second-order valence-corrected chi connectivity index (χ2v) is 18.0. The van der Waals surface area contributed by atoms with Gasteiger partial charge in [-0.3, -0.25) is 14.4 Å². The zero-order chi connectivity index (χ0) is 42.1. The lowest BCUT2D eigenvalue weighted by molar-refractivity contribution is -0.129. The summed E-state index contributed by atoms with van der Waals surface area (Å²) in [4.78, 5) is 60.3. The number of hydrogen-bond acceptors (Lipinski definition) is 8. The second kappa shape index (κ2) is 19.9. The molecule has 2 fully saturated rings. The molecule has 1 aliphatic carbocycles. The van der Waals surface area contributed by atoms with E-state index in [1.54, 1.807) is 12.1 Å². The first kappa shape index (κ1) is 43.7. The Morgan fingerprint density at radius 2 is 1.54 bits per heavy atom. The van der Waals surface area contributed by atoms with Crippen LogP contribution in [-0.2, 0) is 20.7 Å². The number of anilines is 1. The van der Waals surface area contributed by atoms with Crippen LogP contribution in [0.25, 0.3) is 22.5 Å². The number of alkyl carbamates (subject to hydrolysis) is 1. The zero-order valence-corrected chi connectivity index (χ0v) is 35.8. The van der Waals surface area contributed by atoms with E-state index in [1.807, 2.05) is 75.4 Å². The molecule has 11 nitrogen and oxygen atoms in total. The number of benzene rings is 3. The van der Waals surface area contributed by atoms with Gasteiger partial charge >= 0.3 is 6.09 Å². The van der Waals surface area contributed by atoms with Gasteiger partial charge in [0, 0.05) is 54.1 Å². The van der Waals surface area contributed by atoms with Crippen LogP contribution in [0.15, 0.2) is 72.8 Å². The Morgan fingerprint density at radius 1 is 0.864 bits per heavy atom. The second-order valence-electron chi connectivity index (χ2n) is 17.7. The van der Waals surface area contributed by atoms with Crippen LogP contribution in [0, 0.1) is 23.7 Å². The van der Waals surface area contributed by atoms with Crippen molar-refractivity contribution in [1.29, 1.82) is 0 Å². The van der Waals surface area contributed by atoms with Gasteiger partial charge in [-0.15, -0.1) is 0 Å². The fourth-order valence-electron chi connectivity index (χ4n) is 8.30. The molecule has 59 heavy (non-hydrogen) atoms. The maximum Gasteiger partial charge on any atom is 0.407 e.